The van der Waals surface area contributed by atoms with Gasteiger partial charge in [-0.3, -0.25) is 0 Å². The molecule has 0 aromatic rings. The summed E-state index contributed by atoms with van der Waals surface area (Å²) in [5, 5.41) is 0. The quantitative estimate of drug-likeness (QED) is 0.420. The molecule has 0 aliphatic carbocycles. The van der Waals surface area contributed by atoms with Crippen molar-refractivity contribution in [1.29, 1.82) is 0 Å². The predicted molar refractivity (Wildman–Crippen MR) is 9.94 cm³/mol. The maximum absolute atomic E-state index is 0. The molecule has 0 bridgehead atoms. The molecule has 0 N–H and O–H groups in total. The molecule has 4 heteroatoms. The van der Waals surface area contributed by atoms with E-state index in [2.05, 4.69) is 0 Å². The van der Waals surface area contributed by atoms with E-state index in [0.29, 0.717) is 0 Å². The molecule has 0 aliphatic heterocycles. The molecule has 0 fully saturated rings. The summed E-state index contributed by atoms with van der Waals surface area (Å²) in [5.74, 6) is 0. The minimum absolute atomic E-state index is 0. The first-order valence-corrected chi connectivity index (χ1v) is 0. The molecule has 0 atom stereocenters. The minimum Gasteiger partial charge on any atom is 0 e. The van der Waals surface area contributed by atoms with Gasteiger partial charge in [-0.15, -0.1) is 0 Å². The average molecular weight is 189 g/mol. The van der Waals surface area contributed by atoms with Crippen LogP contribution in [0.5, 0.6) is 0 Å². The van der Waals surface area contributed by atoms with Gasteiger partial charge in [0, 0.05) is 55.9 Å². The van der Waals surface area contributed by atoms with Crippen molar-refractivity contribution in [3.8, 4) is 0 Å². The van der Waals surface area contributed by atoms with E-state index in [1.165, 1.54) is 0 Å². The molecule has 0 saturated carbocycles. The molecule has 0 aromatic carbocycles. The summed E-state index contributed by atoms with van der Waals surface area (Å²) in [6.45, 7) is 0. The summed E-state index contributed by atoms with van der Waals surface area (Å²) in [6, 6.07) is 0. The van der Waals surface area contributed by atoms with Crippen LogP contribution < -0.4 is 0 Å². The fourth-order valence-corrected chi connectivity index (χ4v) is 0. The van der Waals surface area contributed by atoms with Crippen LogP contribution in [0.4, 0.5) is 0 Å². The molecule has 0 rings (SSSR count). The Morgan fingerprint density at radius 3 is 1.00 bits per heavy atom. The van der Waals surface area contributed by atoms with Crippen molar-refractivity contribution in [3.63, 3.8) is 0 Å². The largest absolute Gasteiger partial charge is 0.187 e. The first kappa shape index (κ1) is 33.6. The zero-order chi connectivity index (χ0) is 0. The molecule has 0 aliphatic rings. The SMILES string of the molecule is [AlH3].[Fe].[Mn].[Ti]. The third-order valence-corrected chi connectivity index (χ3v) is 0. The van der Waals surface area contributed by atoms with Crippen LogP contribution in [0.3, 0.4) is 0 Å². The van der Waals surface area contributed by atoms with Gasteiger partial charge in [0.25, 0.3) is 0 Å². The van der Waals surface area contributed by atoms with Gasteiger partial charge in [-0.1, -0.05) is 0 Å². The van der Waals surface area contributed by atoms with Crippen molar-refractivity contribution in [3.05, 3.63) is 0 Å². The van der Waals surface area contributed by atoms with E-state index < -0.39 is 0 Å². The molecule has 0 saturated heterocycles. The fraction of sp³-hybridized carbons (Fsp3) is 0. The van der Waals surface area contributed by atoms with Crippen LogP contribution in [0, 0.1) is 0 Å². The van der Waals surface area contributed by atoms with Crippen LogP contribution in [-0.4, -0.2) is 17.4 Å². The van der Waals surface area contributed by atoms with Gasteiger partial charge < -0.3 is 0 Å². The van der Waals surface area contributed by atoms with Gasteiger partial charge in [-0.2, -0.15) is 0 Å². The molecular weight excluding hydrogens is 186 g/mol. The second-order valence-electron chi connectivity index (χ2n) is 0. The van der Waals surface area contributed by atoms with Gasteiger partial charge >= 0.3 is 0 Å². The molecule has 0 aromatic heterocycles. The number of hydrogen-bond donors (Lipinski definition) is 0. The van der Waals surface area contributed by atoms with Gasteiger partial charge in [0.2, 0.25) is 0 Å². The van der Waals surface area contributed by atoms with E-state index in [-0.39, 0.29) is 73.2 Å². The predicted octanol–water partition coefficient (Wildman–Crippen LogP) is -1.19. The van der Waals surface area contributed by atoms with Crippen LogP contribution in [0.15, 0.2) is 0 Å². The van der Waals surface area contributed by atoms with Crippen molar-refractivity contribution < 1.29 is 55.9 Å². The molecule has 0 nitrogen and oxygen atoms in total. The van der Waals surface area contributed by atoms with E-state index in [9.17, 15) is 0 Å². The maximum Gasteiger partial charge on any atom is 0.187 e. The monoisotopic (exact) mass is 189 g/mol. The van der Waals surface area contributed by atoms with Gasteiger partial charge in [-0.25, -0.2) is 0 Å². The fourth-order valence-electron chi connectivity index (χ4n) is 0. The second kappa shape index (κ2) is 18.6. The van der Waals surface area contributed by atoms with E-state index in [1.807, 2.05) is 0 Å². The van der Waals surface area contributed by atoms with E-state index in [0.717, 1.165) is 0 Å². The molecule has 4 heavy (non-hydrogen) atoms. The van der Waals surface area contributed by atoms with Crippen molar-refractivity contribution in [2.24, 2.45) is 0 Å². The van der Waals surface area contributed by atoms with Crippen molar-refractivity contribution >= 4 is 17.4 Å². The van der Waals surface area contributed by atoms with Crippen molar-refractivity contribution in [1.82, 2.24) is 0 Å². The average Bonchev–Trinajstić information content (AvgIpc) is 0. The molecule has 0 spiro atoms. The van der Waals surface area contributed by atoms with Crippen molar-refractivity contribution in [2.45, 2.75) is 0 Å². The Morgan fingerprint density at radius 2 is 1.00 bits per heavy atom. The molecule has 0 unspecified atom stereocenters. The first-order valence-electron chi connectivity index (χ1n) is 0. The van der Waals surface area contributed by atoms with Crippen LogP contribution >= 0.6 is 0 Å². The normalized spacial score (nSPS) is 0. The standard InChI is InChI=1S/Al.Fe.Mn.Ti.3H. The zero-order valence-corrected chi connectivity index (χ0v) is 5.08. The Hall–Kier alpha value is 2.29. The summed E-state index contributed by atoms with van der Waals surface area (Å²) in [7, 11) is 0. The number of hydrogen-bond acceptors (Lipinski definition) is 0. The molecule has 0 heterocycles. The molecular formula is H3AlFeMnTi. The third kappa shape index (κ3) is 8.86. The molecule has 1 radical (unpaired) electrons. The smallest absolute Gasteiger partial charge is 0 e. The van der Waals surface area contributed by atoms with Crippen molar-refractivity contribution in [2.75, 3.05) is 0 Å². The maximum atomic E-state index is 0. The number of rotatable bonds is 0. The Kier molecular flexibility index (Phi) is 156. The Bertz CT molecular complexity index is 8.00. The van der Waals surface area contributed by atoms with Crippen LogP contribution in [0.2, 0.25) is 0 Å². The van der Waals surface area contributed by atoms with Gasteiger partial charge in [-0.05, 0) is 0 Å². The van der Waals surface area contributed by atoms with Gasteiger partial charge in [0.1, 0.15) is 0 Å². The van der Waals surface area contributed by atoms with E-state index in [1.54, 1.807) is 0 Å². The summed E-state index contributed by atoms with van der Waals surface area (Å²) < 4.78 is 0. The van der Waals surface area contributed by atoms with Crippen LogP contribution in [0.1, 0.15) is 0 Å². The summed E-state index contributed by atoms with van der Waals surface area (Å²) >= 11 is 0. The van der Waals surface area contributed by atoms with E-state index >= 15 is 0 Å². The Morgan fingerprint density at radius 1 is 1.00 bits per heavy atom. The van der Waals surface area contributed by atoms with Gasteiger partial charge in [0.15, 0.2) is 17.4 Å². The summed E-state index contributed by atoms with van der Waals surface area (Å²) in [4.78, 5) is 0. The molecule has 0 amide bonds. The van der Waals surface area contributed by atoms with Crippen LogP contribution in [-0.2, 0) is 55.9 Å². The minimum atomic E-state index is 0. The summed E-state index contributed by atoms with van der Waals surface area (Å²) in [6.07, 6.45) is 0. The first-order chi connectivity index (χ1) is 0. The Labute approximate surface area is 72.4 Å². The zero-order valence-electron chi connectivity index (χ0n) is 1.23. The van der Waals surface area contributed by atoms with Crippen LogP contribution in [0.25, 0.3) is 0 Å². The topological polar surface area (TPSA) is 0 Å². The summed E-state index contributed by atoms with van der Waals surface area (Å²) in [5.41, 5.74) is 0. The van der Waals surface area contributed by atoms with Gasteiger partial charge in [0.05, 0.1) is 0 Å². The Balaban J connectivity index is 0. The third-order valence-electron chi connectivity index (χ3n) is 0. The molecule has 25 valence electrons. The van der Waals surface area contributed by atoms with E-state index in [4.69, 9.17) is 0 Å². The second-order valence-corrected chi connectivity index (χ2v) is 0.